The minimum atomic E-state index is -0.296. The number of carbonyl (C=O) groups excluding carboxylic acids is 1. The summed E-state index contributed by atoms with van der Waals surface area (Å²) < 4.78 is 4.61. The summed E-state index contributed by atoms with van der Waals surface area (Å²) in [4.78, 5) is 11.1. The Morgan fingerprint density at radius 1 is 1.43 bits per heavy atom. The van der Waals surface area contributed by atoms with Crippen molar-refractivity contribution < 1.29 is 9.53 Å². The highest BCUT2D eigenvalue weighted by molar-refractivity contribution is 5.88. The molecule has 0 rings (SSSR count). The first-order valence-corrected chi connectivity index (χ1v) is 4.70. The lowest BCUT2D eigenvalue weighted by Crippen LogP contribution is -2.03. The molecule has 0 amide bonds. The maximum Gasteiger partial charge on any atom is 0.334 e. The molecule has 0 radical (unpaired) electrons. The number of hydrogen-bond acceptors (Lipinski definition) is 2. The Morgan fingerprint density at radius 2 is 2.00 bits per heavy atom. The van der Waals surface area contributed by atoms with Gasteiger partial charge >= 0.3 is 5.97 Å². The van der Waals surface area contributed by atoms with Crippen LogP contribution in [0.5, 0.6) is 0 Å². The molecule has 2 heteroatoms. The Bertz CT molecular complexity index is 282. The number of ether oxygens (including phenoxy) is 1. The molecule has 0 heterocycles. The first-order valence-electron chi connectivity index (χ1n) is 4.70. The molecule has 2 nitrogen and oxygen atoms in total. The molecule has 0 aromatic rings. The maximum atomic E-state index is 11.1. The van der Waals surface area contributed by atoms with Crippen molar-refractivity contribution in [1.82, 2.24) is 0 Å². The molecule has 0 saturated heterocycles. The molecule has 0 fully saturated rings. The van der Waals surface area contributed by atoms with Crippen LogP contribution in [0.3, 0.4) is 0 Å². The number of methoxy groups -OCH3 is 1. The molecular formula is C12H18O2. The molecule has 0 saturated carbocycles. The largest absolute Gasteiger partial charge is 0.466 e. The number of allylic oxidation sites excluding steroid dienone is 1. The van der Waals surface area contributed by atoms with Crippen LogP contribution in [0.4, 0.5) is 0 Å². The van der Waals surface area contributed by atoms with Crippen LogP contribution in [0.2, 0.25) is 0 Å². The third kappa shape index (κ3) is 5.42. The van der Waals surface area contributed by atoms with Gasteiger partial charge in [-0.3, -0.25) is 0 Å². The Balaban J connectivity index is 4.61. The van der Waals surface area contributed by atoms with Crippen molar-refractivity contribution >= 4 is 5.97 Å². The van der Waals surface area contributed by atoms with Gasteiger partial charge in [0.2, 0.25) is 0 Å². The summed E-state index contributed by atoms with van der Waals surface area (Å²) in [5.74, 6) is 5.61. The van der Waals surface area contributed by atoms with Gasteiger partial charge in [0.25, 0.3) is 0 Å². The second-order valence-corrected chi connectivity index (χ2v) is 4.03. The zero-order chi connectivity index (χ0) is 11.2. The van der Waals surface area contributed by atoms with Gasteiger partial charge in [0.15, 0.2) is 0 Å². The van der Waals surface area contributed by atoms with E-state index in [0.717, 1.165) is 0 Å². The van der Waals surface area contributed by atoms with Crippen molar-refractivity contribution in [3.8, 4) is 11.8 Å². The molecule has 0 aliphatic carbocycles. The van der Waals surface area contributed by atoms with E-state index in [-0.39, 0.29) is 11.4 Å². The summed E-state index contributed by atoms with van der Waals surface area (Å²) in [7, 11) is 1.38. The van der Waals surface area contributed by atoms with Gasteiger partial charge in [-0.1, -0.05) is 18.8 Å². The quantitative estimate of drug-likeness (QED) is 0.383. The van der Waals surface area contributed by atoms with Crippen molar-refractivity contribution in [2.24, 2.45) is 5.41 Å². The molecular weight excluding hydrogens is 176 g/mol. The minimum Gasteiger partial charge on any atom is -0.466 e. The number of esters is 1. The topological polar surface area (TPSA) is 26.3 Å². The number of carbonyl (C=O) groups is 1. The monoisotopic (exact) mass is 194 g/mol. The lowest BCUT2D eigenvalue weighted by atomic mass is 9.98. The summed E-state index contributed by atoms with van der Waals surface area (Å²) in [6, 6.07) is 0. The van der Waals surface area contributed by atoms with Gasteiger partial charge < -0.3 is 4.74 Å². The smallest absolute Gasteiger partial charge is 0.334 e. The van der Waals surface area contributed by atoms with Gasteiger partial charge in [0.1, 0.15) is 0 Å². The highest BCUT2D eigenvalue weighted by atomic mass is 16.5. The van der Waals surface area contributed by atoms with Crippen molar-refractivity contribution in [1.29, 1.82) is 0 Å². The van der Waals surface area contributed by atoms with E-state index in [1.165, 1.54) is 7.11 Å². The van der Waals surface area contributed by atoms with Crippen LogP contribution in [0.1, 0.15) is 34.1 Å². The molecule has 0 aromatic heterocycles. The number of rotatable bonds is 2. The third-order valence-electron chi connectivity index (χ3n) is 1.52. The molecule has 0 bridgehead atoms. The van der Waals surface area contributed by atoms with E-state index in [1.54, 1.807) is 6.08 Å². The van der Waals surface area contributed by atoms with Gasteiger partial charge in [0.05, 0.1) is 7.11 Å². The summed E-state index contributed by atoms with van der Waals surface area (Å²) in [6.07, 6.45) is 2.28. The van der Waals surface area contributed by atoms with Gasteiger partial charge in [-0.25, -0.2) is 4.79 Å². The molecule has 0 spiro atoms. The predicted molar refractivity (Wildman–Crippen MR) is 57.6 cm³/mol. The highest BCUT2D eigenvalue weighted by Crippen LogP contribution is 2.10. The zero-order valence-corrected chi connectivity index (χ0v) is 9.60. The second-order valence-electron chi connectivity index (χ2n) is 4.03. The van der Waals surface area contributed by atoms with E-state index in [2.05, 4.69) is 16.6 Å². The molecule has 0 aliphatic rings. The van der Waals surface area contributed by atoms with E-state index in [0.29, 0.717) is 12.0 Å². The normalized spacial score (nSPS) is 11.6. The molecule has 0 aromatic carbocycles. The lowest BCUT2D eigenvalue weighted by Gasteiger charge is -2.06. The van der Waals surface area contributed by atoms with E-state index in [1.807, 2.05) is 27.7 Å². The highest BCUT2D eigenvalue weighted by Gasteiger charge is 2.06. The molecule has 0 N–H and O–H groups in total. The Hall–Kier alpha value is -1.23. The van der Waals surface area contributed by atoms with Crippen molar-refractivity contribution in [3.05, 3.63) is 11.6 Å². The second kappa shape index (κ2) is 5.49. The van der Waals surface area contributed by atoms with Crippen molar-refractivity contribution in [3.63, 3.8) is 0 Å². The first-order chi connectivity index (χ1) is 6.40. The van der Waals surface area contributed by atoms with Crippen LogP contribution < -0.4 is 0 Å². The van der Waals surface area contributed by atoms with Gasteiger partial charge in [0, 0.05) is 11.0 Å². The number of hydrogen-bond donors (Lipinski definition) is 0. The summed E-state index contributed by atoms with van der Waals surface area (Å²) in [5, 5.41) is 0. The SMILES string of the molecule is CC/C(=C/C#CC(C)(C)C)C(=O)OC. The molecule has 0 unspecified atom stereocenters. The van der Waals surface area contributed by atoms with Crippen LogP contribution in [-0.4, -0.2) is 13.1 Å². The molecule has 0 atom stereocenters. The maximum absolute atomic E-state index is 11.1. The third-order valence-corrected chi connectivity index (χ3v) is 1.52. The molecule has 78 valence electrons. The summed E-state index contributed by atoms with van der Waals surface area (Å²) >= 11 is 0. The molecule has 14 heavy (non-hydrogen) atoms. The van der Waals surface area contributed by atoms with Gasteiger partial charge in [-0.2, -0.15) is 0 Å². The fraction of sp³-hybridized carbons (Fsp3) is 0.583. The van der Waals surface area contributed by atoms with Crippen molar-refractivity contribution in [2.75, 3.05) is 7.11 Å². The standard InChI is InChI=1S/C12H18O2/c1-6-10(11(13)14-5)8-7-9-12(2,3)4/h8H,6H2,1-5H3/b10-8-. The van der Waals surface area contributed by atoms with Crippen molar-refractivity contribution in [2.45, 2.75) is 34.1 Å². The Labute approximate surface area is 86.3 Å². The predicted octanol–water partition coefficient (Wildman–Crippen LogP) is 2.55. The fourth-order valence-corrected chi connectivity index (χ4v) is 0.776. The molecule has 0 aliphatic heterocycles. The van der Waals surface area contributed by atoms with Crippen LogP contribution in [0, 0.1) is 17.3 Å². The Morgan fingerprint density at radius 3 is 2.36 bits per heavy atom. The zero-order valence-electron chi connectivity index (χ0n) is 9.60. The average molecular weight is 194 g/mol. The van der Waals surface area contributed by atoms with E-state index < -0.39 is 0 Å². The summed E-state index contributed by atoms with van der Waals surface area (Å²) in [5.41, 5.74) is 0.579. The van der Waals surface area contributed by atoms with E-state index in [4.69, 9.17) is 0 Å². The van der Waals surface area contributed by atoms with Crippen LogP contribution in [-0.2, 0) is 9.53 Å². The fourth-order valence-electron chi connectivity index (χ4n) is 0.776. The van der Waals surface area contributed by atoms with E-state index >= 15 is 0 Å². The minimum absolute atomic E-state index is 0.0362. The summed E-state index contributed by atoms with van der Waals surface area (Å²) in [6.45, 7) is 7.98. The van der Waals surface area contributed by atoms with Gasteiger partial charge in [-0.15, -0.1) is 0 Å². The average Bonchev–Trinajstić information content (AvgIpc) is 2.09. The van der Waals surface area contributed by atoms with Crippen LogP contribution >= 0.6 is 0 Å². The van der Waals surface area contributed by atoms with E-state index in [9.17, 15) is 4.79 Å². The Kier molecular flexibility index (Phi) is 5.01. The van der Waals surface area contributed by atoms with Crippen LogP contribution in [0.25, 0.3) is 0 Å². The van der Waals surface area contributed by atoms with Gasteiger partial charge in [-0.05, 0) is 33.3 Å². The van der Waals surface area contributed by atoms with Crippen LogP contribution in [0.15, 0.2) is 11.6 Å². The first kappa shape index (κ1) is 12.8. The lowest BCUT2D eigenvalue weighted by molar-refractivity contribution is -0.136.